The normalized spacial score (nSPS) is 21.9. The van der Waals surface area contributed by atoms with Crippen LogP contribution in [0.1, 0.15) is 32.3 Å². The van der Waals surface area contributed by atoms with Gasteiger partial charge in [-0.05, 0) is 50.5 Å². The molecule has 6 heteroatoms. The van der Waals surface area contributed by atoms with Crippen molar-refractivity contribution in [2.75, 3.05) is 19.7 Å². The van der Waals surface area contributed by atoms with Gasteiger partial charge in [0, 0.05) is 24.2 Å². The molecule has 1 aliphatic heterocycles. The molecule has 0 bridgehead atoms. The molecule has 0 aliphatic carbocycles. The molecule has 1 aromatic carbocycles. The summed E-state index contributed by atoms with van der Waals surface area (Å²) in [6.45, 7) is 6.86. The summed E-state index contributed by atoms with van der Waals surface area (Å²) in [6.07, 6.45) is 2.15. The molecule has 2 rings (SSSR count). The number of ether oxygens (including phenoxy) is 1. The van der Waals surface area contributed by atoms with E-state index in [4.69, 9.17) is 4.74 Å². The minimum absolute atomic E-state index is 0.127. The van der Waals surface area contributed by atoms with Crippen LogP contribution < -0.4 is 10.6 Å². The Hall–Kier alpha value is -1.14. The van der Waals surface area contributed by atoms with Crippen LogP contribution in [-0.4, -0.2) is 31.3 Å². The van der Waals surface area contributed by atoms with Crippen LogP contribution in [0.5, 0.6) is 0 Å². The average molecular weight is 372 g/mol. The van der Waals surface area contributed by atoms with Crippen molar-refractivity contribution in [1.29, 1.82) is 0 Å². The predicted molar refractivity (Wildman–Crippen MR) is 90.5 cm³/mol. The van der Waals surface area contributed by atoms with Crippen molar-refractivity contribution in [2.45, 2.75) is 38.8 Å². The van der Waals surface area contributed by atoms with Crippen molar-refractivity contribution in [3.63, 3.8) is 0 Å². The number of guanidine groups is 1. The largest absolute Gasteiger partial charge is 0.373 e. The lowest BCUT2D eigenvalue weighted by Gasteiger charge is -2.24. The molecule has 4 nitrogen and oxygen atoms in total. The molecule has 1 aromatic rings. The van der Waals surface area contributed by atoms with E-state index in [1.165, 1.54) is 12.1 Å². The van der Waals surface area contributed by atoms with Gasteiger partial charge >= 0.3 is 0 Å². The van der Waals surface area contributed by atoms with Crippen LogP contribution in [0.25, 0.3) is 0 Å². The first kappa shape index (κ1) is 17.2. The Morgan fingerprint density at radius 2 is 2.23 bits per heavy atom. The molecule has 0 amide bonds. The van der Waals surface area contributed by atoms with Gasteiger partial charge in [-0.3, -0.25) is 0 Å². The van der Waals surface area contributed by atoms with Crippen molar-refractivity contribution in [2.24, 2.45) is 4.99 Å². The Labute approximate surface area is 139 Å². The number of rotatable bonds is 5. The van der Waals surface area contributed by atoms with E-state index >= 15 is 0 Å². The van der Waals surface area contributed by atoms with Gasteiger partial charge in [0.15, 0.2) is 5.96 Å². The molecular weight excluding hydrogens is 349 g/mol. The highest BCUT2D eigenvalue weighted by atomic mass is 79.9. The molecule has 1 heterocycles. The van der Waals surface area contributed by atoms with E-state index in [1.54, 1.807) is 0 Å². The fourth-order valence-electron chi connectivity index (χ4n) is 2.46. The van der Waals surface area contributed by atoms with Gasteiger partial charge in [-0.1, -0.05) is 15.9 Å². The standard InChI is InChI=1S/C16H23BrFN3O/c1-3-19-15(21-11-16(2)5-4-6-22-16)20-10-12-7-13(17)9-14(18)8-12/h7-9H,3-6,10-11H2,1-2H3,(H2,19,20,21). The smallest absolute Gasteiger partial charge is 0.191 e. The molecule has 0 spiro atoms. The van der Waals surface area contributed by atoms with E-state index in [9.17, 15) is 4.39 Å². The van der Waals surface area contributed by atoms with E-state index in [2.05, 4.69) is 38.5 Å². The highest BCUT2D eigenvalue weighted by molar-refractivity contribution is 9.10. The monoisotopic (exact) mass is 371 g/mol. The zero-order valence-corrected chi connectivity index (χ0v) is 14.7. The van der Waals surface area contributed by atoms with Crippen LogP contribution in [0, 0.1) is 5.82 Å². The first-order chi connectivity index (χ1) is 10.5. The molecule has 1 aliphatic rings. The molecule has 1 saturated heterocycles. The van der Waals surface area contributed by atoms with Gasteiger partial charge in [-0.2, -0.15) is 0 Å². The fraction of sp³-hybridized carbons (Fsp3) is 0.562. The molecular formula is C16H23BrFN3O. The van der Waals surface area contributed by atoms with E-state index in [0.717, 1.165) is 42.0 Å². The summed E-state index contributed by atoms with van der Waals surface area (Å²) in [5.74, 6) is 0.462. The summed E-state index contributed by atoms with van der Waals surface area (Å²) in [6, 6.07) is 4.81. The molecule has 0 saturated carbocycles. The fourth-order valence-corrected chi connectivity index (χ4v) is 2.97. The third-order valence-corrected chi connectivity index (χ3v) is 4.07. The number of aliphatic imine (C=N–C) groups is 1. The quantitative estimate of drug-likeness (QED) is 0.616. The average Bonchev–Trinajstić information content (AvgIpc) is 2.88. The second kappa shape index (κ2) is 7.92. The van der Waals surface area contributed by atoms with Crippen LogP contribution in [0.3, 0.4) is 0 Å². The summed E-state index contributed by atoms with van der Waals surface area (Å²) in [4.78, 5) is 4.51. The van der Waals surface area contributed by atoms with Crippen molar-refractivity contribution in [3.05, 3.63) is 34.1 Å². The van der Waals surface area contributed by atoms with Gasteiger partial charge in [0.25, 0.3) is 0 Å². The van der Waals surface area contributed by atoms with Gasteiger partial charge in [-0.25, -0.2) is 9.38 Å². The van der Waals surface area contributed by atoms with Crippen molar-refractivity contribution in [3.8, 4) is 0 Å². The number of halogens is 2. The SMILES string of the molecule is CCNC(=NCc1cc(F)cc(Br)c1)NCC1(C)CCCO1. The van der Waals surface area contributed by atoms with Crippen LogP contribution in [-0.2, 0) is 11.3 Å². The van der Waals surface area contributed by atoms with Crippen LogP contribution in [0.4, 0.5) is 4.39 Å². The number of nitrogens with zero attached hydrogens (tertiary/aromatic N) is 1. The van der Waals surface area contributed by atoms with Crippen molar-refractivity contribution < 1.29 is 9.13 Å². The number of hydrogen-bond acceptors (Lipinski definition) is 2. The van der Waals surface area contributed by atoms with E-state index in [-0.39, 0.29) is 11.4 Å². The Balaban J connectivity index is 1.97. The summed E-state index contributed by atoms with van der Waals surface area (Å²) in [5, 5.41) is 6.51. The van der Waals surface area contributed by atoms with E-state index < -0.39 is 0 Å². The zero-order chi connectivity index (χ0) is 16.0. The maximum atomic E-state index is 13.4. The van der Waals surface area contributed by atoms with E-state index in [1.807, 2.05) is 13.0 Å². The zero-order valence-electron chi connectivity index (χ0n) is 13.1. The second-order valence-electron chi connectivity index (χ2n) is 5.73. The molecule has 1 unspecified atom stereocenters. The third kappa shape index (κ3) is 5.25. The Kier molecular flexibility index (Phi) is 6.20. The summed E-state index contributed by atoms with van der Waals surface area (Å²) in [7, 11) is 0. The minimum atomic E-state index is -0.260. The molecule has 0 aromatic heterocycles. The molecule has 0 radical (unpaired) electrons. The minimum Gasteiger partial charge on any atom is -0.373 e. The molecule has 2 N–H and O–H groups in total. The lowest BCUT2D eigenvalue weighted by atomic mass is 10.0. The second-order valence-corrected chi connectivity index (χ2v) is 6.64. The number of hydrogen-bond donors (Lipinski definition) is 2. The van der Waals surface area contributed by atoms with Crippen LogP contribution >= 0.6 is 15.9 Å². The topological polar surface area (TPSA) is 45.7 Å². The number of benzene rings is 1. The van der Waals surface area contributed by atoms with Gasteiger partial charge < -0.3 is 15.4 Å². The number of nitrogens with one attached hydrogen (secondary N) is 2. The lowest BCUT2D eigenvalue weighted by molar-refractivity contribution is 0.0243. The maximum absolute atomic E-state index is 13.4. The van der Waals surface area contributed by atoms with Crippen LogP contribution in [0.2, 0.25) is 0 Å². The summed E-state index contributed by atoms with van der Waals surface area (Å²) < 4.78 is 19.9. The lowest BCUT2D eigenvalue weighted by Crippen LogP contribution is -2.45. The summed E-state index contributed by atoms with van der Waals surface area (Å²) >= 11 is 3.30. The first-order valence-corrected chi connectivity index (χ1v) is 8.41. The molecule has 1 atom stereocenters. The first-order valence-electron chi connectivity index (χ1n) is 7.62. The predicted octanol–water partition coefficient (Wildman–Crippen LogP) is 3.21. The van der Waals surface area contributed by atoms with Gasteiger partial charge in [0.1, 0.15) is 5.82 Å². The molecule has 122 valence electrons. The van der Waals surface area contributed by atoms with Gasteiger partial charge in [0.2, 0.25) is 0 Å². The van der Waals surface area contributed by atoms with E-state index in [0.29, 0.717) is 13.1 Å². The molecule has 22 heavy (non-hydrogen) atoms. The van der Waals surface area contributed by atoms with Crippen molar-refractivity contribution in [1.82, 2.24) is 10.6 Å². The maximum Gasteiger partial charge on any atom is 0.191 e. The third-order valence-electron chi connectivity index (χ3n) is 3.62. The Bertz CT molecular complexity index is 510. The highest BCUT2D eigenvalue weighted by Gasteiger charge is 2.29. The Morgan fingerprint density at radius 1 is 1.41 bits per heavy atom. The van der Waals surface area contributed by atoms with Gasteiger partial charge in [-0.15, -0.1) is 0 Å². The van der Waals surface area contributed by atoms with Crippen molar-refractivity contribution >= 4 is 21.9 Å². The van der Waals surface area contributed by atoms with Crippen LogP contribution in [0.15, 0.2) is 27.7 Å². The summed E-state index contributed by atoms with van der Waals surface area (Å²) in [5.41, 5.74) is 0.699. The highest BCUT2D eigenvalue weighted by Crippen LogP contribution is 2.23. The van der Waals surface area contributed by atoms with Gasteiger partial charge in [0.05, 0.1) is 12.1 Å². The Morgan fingerprint density at radius 3 is 2.86 bits per heavy atom. The molecule has 1 fully saturated rings.